The molecular formula is C28H35N9. The van der Waals surface area contributed by atoms with Crippen molar-refractivity contribution in [1.29, 1.82) is 0 Å². The Morgan fingerprint density at radius 1 is 0.865 bits per heavy atom. The van der Waals surface area contributed by atoms with Gasteiger partial charge in [0.1, 0.15) is 5.82 Å². The summed E-state index contributed by atoms with van der Waals surface area (Å²) < 4.78 is 0. The third-order valence-electron chi connectivity index (χ3n) is 7.68. The van der Waals surface area contributed by atoms with Crippen LogP contribution in [0.15, 0.2) is 54.9 Å². The van der Waals surface area contributed by atoms with E-state index in [-0.39, 0.29) is 0 Å². The van der Waals surface area contributed by atoms with Crippen molar-refractivity contribution >= 4 is 39.7 Å². The van der Waals surface area contributed by atoms with Crippen molar-refractivity contribution in [3.8, 4) is 0 Å². The highest BCUT2D eigenvalue weighted by Crippen LogP contribution is 2.27. The van der Waals surface area contributed by atoms with E-state index in [9.17, 15) is 0 Å². The van der Waals surface area contributed by atoms with Gasteiger partial charge in [0, 0.05) is 79.5 Å². The molecule has 2 aromatic carbocycles. The van der Waals surface area contributed by atoms with Crippen LogP contribution in [0.25, 0.3) is 10.9 Å². The number of rotatable bonds is 6. The molecule has 2 aliphatic rings. The number of anilines is 5. The number of benzene rings is 2. The molecule has 9 nitrogen and oxygen atoms in total. The van der Waals surface area contributed by atoms with Crippen molar-refractivity contribution in [3.63, 3.8) is 0 Å². The Balaban J connectivity index is 1.07. The fourth-order valence-electron chi connectivity index (χ4n) is 5.34. The number of likely N-dealkylation sites (N-methyl/N-ethyl adjacent to an activating group) is 1. The monoisotopic (exact) mass is 497 g/mol. The molecule has 4 aromatic rings. The highest BCUT2D eigenvalue weighted by Gasteiger charge is 2.26. The molecule has 0 amide bonds. The lowest BCUT2D eigenvalue weighted by Crippen LogP contribution is -2.52. The lowest BCUT2D eigenvalue weighted by atomic mass is 10.0. The van der Waals surface area contributed by atoms with E-state index in [0.29, 0.717) is 5.95 Å². The molecule has 0 aliphatic carbocycles. The zero-order valence-electron chi connectivity index (χ0n) is 21.6. The second kappa shape index (κ2) is 10.4. The van der Waals surface area contributed by atoms with E-state index in [1.54, 1.807) is 0 Å². The summed E-state index contributed by atoms with van der Waals surface area (Å²) in [5.74, 6) is 1.34. The van der Waals surface area contributed by atoms with Gasteiger partial charge in [-0.1, -0.05) is 0 Å². The lowest BCUT2D eigenvalue weighted by Gasteiger charge is -2.42. The van der Waals surface area contributed by atoms with Crippen LogP contribution in [-0.2, 0) is 0 Å². The van der Waals surface area contributed by atoms with Crippen LogP contribution in [0.2, 0.25) is 0 Å². The second-order valence-corrected chi connectivity index (χ2v) is 10.3. The van der Waals surface area contributed by atoms with Gasteiger partial charge in [-0.3, -0.25) is 10.00 Å². The van der Waals surface area contributed by atoms with Gasteiger partial charge < -0.3 is 20.4 Å². The maximum Gasteiger partial charge on any atom is 0.229 e. The van der Waals surface area contributed by atoms with Gasteiger partial charge in [-0.15, -0.1) is 0 Å². The Hall–Kier alpha value is -3.69. The summed E-state index contributed by atoms with van der Waals surface area (Å²) in [4.78, 5) is 16.9. The van der Waals surface area contributed by atoms with Gasteiger partial charge in [0.2, 0.25) is 5.95 Å². The average molecular weight is 498 g/mol. The number of hydrogen-bond acceptors (Lipinski definition) is 8. The molecule has 0 saturated carbocycles. The summed E-state index contributed by atoms with van der Waals surface area (Å²) >= 11 is 0. The number of fused-ring (bicyclic) bond motifs is 1. The van der Waals surface area contributed by atoms with E-state index in [2.05, 4.69) is 71.8 Å². The Bertz CT molecular complexity index is 1330. The summed E-state index contributed by atoms with van der Waals surface area (Å²) in [7, 11) is 2.22. The van der Waals surface area contributed by atoms with Gasteiger partial charge in [0.25, 0.3) is 0 Å². The molecule has 0 bridgehead atoms. The molecule has 37 heavy (non-hydrogen) atoms. The smallest absolute Gasteiger partial charge is 0.229 e. The fraction of sp³-hybridized carbons (Fsp3) is 0.393. The van der Waals surface area contributed by atoms with Crippen molar-refractivity contribution in [2.24, 2.45) is 0 Å². The van der Waals surface area contributed by atoms with Crippen molar-refractivity contribution in [1.82, 2.24) is 30.0 Å². The first-order valence-electron chi connectivity index (χ1n) is 13.2. The van der Waals surface area contributed by atoms with E-state index >= 15 is 0 Å². The molecule has 2 fully saturated rings. The van der Waals surface area contributed by atoms with Crippen LogP contribution in [0.5, 0.6) is 0 Å². The van der Waals surface area contributed by atoms with Crippen LogP contribution in [0.1, 0.15) is 18.4 Å². The summed E-state index contributed by atoms with van der Waals surface area (Å²) in [6.45, 7) is 9.03. The van der Waals surface area contributed by atoms with Crippen molar-refractivity contribution in [2.75, 3.05) is 61.8 Å². The molecule has 192 valence electrons. The number of nitrogens with one attached hydrogen (secondary N) is 3. The highest BCUT2D eigenvalue weighted by atomic mass is 15.3. The summed E-state index contributed by atoms with van der Waals surface area (Å²) in [6, 6.07) is 15.5. The standard InChI is InChI=1S/C28H35N9/c1-20-18-29-28(33-27(20)31-23-4-3-21-19-30-34-26(21)17-23)32-22-5-7-24(8-6-22)36-11-9-25(10-12-36)37-15-13-35(2)14-16-37/h3-8,17-19,25H,9-16H2,1-2H3,(H,30,34)(H2,29,31,32,33). The Kier molecular flexibility index (Phi) is 6.63. The zero-order chi connectivity index (χ0) is 25.2. The molecule has 0 spiro atoms. The first kappa shape index (κ1) is 23.7. The average Bonchev–Trinajstić information content (AvgIpc) is 3.40. The molecule has 0 unspecified atom stereocenters. The predicted molar refractivity (Wildman–Crippen MR) is 150 cm³/mol. The van der Waals surface area contributed by atoms with E-state index in [1.165, 1.54) is 44.7 Å². The molecule has 9 heteroatoms. The Morgan fingerprint density at radius 2 is 1.62 bits per heavy atom. The third-order valence-corrected chi connectivity index (χ3v) is 7.68. The minimum Gasteiger partial charge on any atom is -0.371 e. The van der Waals surface area contributed by atoms with Crippen LogP contribution in [-0.4, -0.2) is 82.3 Å². The number of aryl methyl sites for hydroxylation is 1. The van der Waals surface area contributed by atoms with Gasteiger partial charge in [0.15, 0.2) is 0 Å². The van der Waals surface area contributed by atoms with Gasteiger partial charge >= 0.3 is 0 Å². The molecule has 3 N–H and O–H groups in total. The maximum absolute atomic E-state index is 4.72. The number of H-pyrrole nitrogens is 1. The minimum absolute atomic E-state index is 0.566. The first-order chi connectivity index (χ1) is 18.1. The van der Waals surface area contributed by atoms with Crippen molar-refractivity contribution in [3.05, 3.63) is 60.4 Å². The molecule has 4 heterocycles. The van der Waals surface area contributed by atoms with E-state index in [1.807, 2.05) is 37.5 Å². The molecule has 2 saturated heterocycles. The highest BCUT2D eigenvalue weighted by molar-refractivity contribution is 5.82. The largest absolute Gasteiger partial charge is 0.371 e. The Labute approximate surface area is 217 Å². The summed E-state index contributed by atoms with van der Waals surface area (Å²) in [6.07, 6.45) is 6.14. The number of aromatic amines is 1. The molecule has 2 aliphatic heterocycles. The number of piperidine rings is 1. The van der Waals surface area contributed by atoms with Gasteiger partial charge in [-0.2, -0.15) is 10.1 Å². The molecule has 0 atom stereocenters. The van der Waals surface area contributed by atoms with Gasteiger partial charge in [0.05, 0.1) is 11.7 Å². The summed E-state index contributed by atoms with van der Waals surface area (Å²) in [5.41, 5.74) is 5.17. The number of aromatic nitrogens is 4. The molecule has 2 aromatic heterocycles. The lowest BCUT2D eigenvalue weighted by molar-refractivity contribution is 0.0982. The number of nitrogens with zero attached hydrogens (tertiary/aromatic N) is 6. The number of hydrogen-bond donors (Lipinski definition) is 3. The predicted octanol–water partition coefficient (Wildman–Crippen LogP) is 4.36. The van der Waals surface area contributed by atoms with E-state index < -0.39 is 0 Å². The van der Waals surface area contributed by atoms with Crippen LogP contribution in [0.3, 0.4) is 0 Å². The third kappa shape index (κ3) is 5.38. The number of piperazine rings is 1. The summed E-state index contributed by atoms with van der Waals surface area (Å²) in [5, 5.41) is 15.0. The Morgan fingerprint density at radius 3 is 2.41 bits per heavy atom. The maximum atomic E-state index is 4.72. The van der Waals surface area contributed by atoms with Crippen molar-refractivity contribution < 1.29 is 0 Å². The SMILES string of the molecule is Cc1cnc(Nc2ccc(N3CCC(N4CCN(C)CC4)CC3)cc2)nc1Nc1ccc2cn[nH]c2c1. The molecule has 0 radical (unpaired) electrons. The zero-order valence-corrected chi connectivity index (χ0v) is 21.6. The molecular weight excluding hydrogens is 462 g/mol. The van der Waals surface area contributed by atoms with Crippen LogP contribution in [0.4, 0.5) is 28.8 Å². The minimum atomic E-state index is 0.566. The van der Waals surface area contributed by atoms with E-state index in [0.717, 1.165) is 52.8 Å². The molecule has 6 rings (SSSR count). The van der Waals surface area contributed by atoms with Crippen LogP contribution >= 0.6 is 0 Å². The van der Waals surface area contributed by atoms with E-state index in [4.69, 9.17) is 4.98 Å². The van der Waals surface area contributed by atoms with Crippen LogP contribution in [0, 0.1) is 6.92 Å². The normalized spacial score (nSPS) is 17.8. The van der Waals surface area contributed by atoms with Gasteiger partial charge in [-0.05, 0) is 69.3 Å². The second-order valence-electron chi connectivity index (χ2n) is 10.3. The fourth-order valence-corrected chi connectivity index (χ4v) is 5.34. The quantitative estimate of drug-likeness (QED) is 0.362. The van der Waals surface area contributed by atoms with Crippen molar-refractivity contribution in [2.45, 2.75) is 25.8 Å². The topological polar surface area (TPSA) is 88.2 Å². The first-order valence-corrected chi connectivity index (χ1v) is 13.2. The van der Waals surface area contributed by atoms with Crippen LogP contribution < -0.4 is 15.5 Å². The van der Waals surface area contributed by atoms with Gasteiger partial charge in [-0.25, -0.2) is 4.98 Å².